The van der Waals surface area contributed by atoms with Gasteiger partial charge in [-0.05, 0) is 30.2 Å². The number of anilines is 2. The molecule has 1 aliphatic rings. The van der Waals surface area contributed by atoms with E-state index in [2.05, 4.69) is 66.1 Å². The van der Waals surface area contributed by atoms with Gasteiger partial charge in [-0.3, -0.25) is 0 Å². The Bertz CT molecular complexity index is 534. The van der Waals surface area contributed by atoms with E-state index in [4.69, 9.17) is 0 Å². The third-order valence-corrected chi connectivity index (χ3v) is 3.52. The Kier molecular flexibility index (Phi) is 2.93. The van der Waals surface area contributed by atoms with Gasteiger partial charge in [-0.2, -0.15) is 0 Å². The first kappa shape index (κ1) is 11.1. The molecule has 1 aliphatic heterocycles. The SMILES string of the molecule is Cc1ccc2c(c1)NCC(c1ccccc1)CN2. The molecule has 0 radical (unpaired) electrons. The Morgan fingerprint density at radius 3 is 2.39 bits per heavy atom. The number of aryl methyl sites for hydroxylation is 1. The molecule has 2 N–H and O–H groups in total. The van der Waals surface area contributed by atoms with Crippen LogP contribution in [0.15, 0.2) is 48.5 Å². The summed E-state index contributed by atoms with van der Waals surface area (Å²) in [5, 5.41) is 7.09. The zero-order chi connectivity index (χ0) is 12.4. The summed E-state index contributed by atoms with van der Waals surface area (Å²) in [6.45, 7) is 4.09. The largest absolute Gasteiger partial charge is 0.383 e. The molecule has 18 heavy (non-hydrogen) atoms. The van der Waals surface area contributed by atoms with Crippen molar-refractivity contribution in [2.24, 2.45) is 0 Å². The predicted octanol–water partition coefficient (Wildman–Crippen LogP) is 3.62. The average Bonchev–Trinajstić information content (AvgIpc) is 2.62. The molecule has 0 aromatic heterocycles. The van der Waals surface area contributed by atoms with Crippen molar-refractivity contribution >= 4 is 11.4 Å². The Morgan fingerprint density at radius 1 is 0.889 bits per heavy atom. The molecule has 0 saturated heterocycles. The van der Waals surface area contributed by atoms with Gasteiger partial charge in [-0.15, -0.1) is 0 Å². The van der Waals surface area contributed by atoms with E-state index in [0.29, 0.717) is 5.92 Å². The molecule has 0 aliphatic carbocycles. The first-order valence-corrected chi connectivity index (χ1v) is 6.46. The molecule has 2 aromatic carbocycles. The van der Waals surface area contributed by atoms with E-state index >= 15 is 0 Å². The Labute approximate surface area is 108 Å². The van der Waals surface area contributed by atoms with Crippen molar-refractivity contribution in [1.82, 2.24) is 0 Å². The monoisotopic (exact) mass is 238 g/mol. The number of benzene rings is 2. The first-order chi connectivity index (χ1) is 8.83. The van der Waals surface area contributed by atoms with Gasteiger partial charge < -0.3 is 10.6 Å². The highest BCUT2D eigenvalue weighted by Crippen LogP contribution is 2.28. The van der Waals surface area contributed by atoms with Crippen LogP contribution in [0.4, 0.5) is 11.4 Å². The maximum Gasteiger partial charge on any atom is 0.0578 e. The average molecular weight is 238 g/mol. The molecule has 0 amide bonds. The van der Waals surface area contributed by atoms with Gasteiger partial charge >= 0.3 is 0 Å². The van der Waals surface area contributed by atoms with Gasteiger partial charge in [0.15, 0.2) is 0 Å². The number of hydrogen-bond donors (Lipinski definition) is 2. The minimum atomic E-state index is 0.513. The van der Waals surface area contributed by atoms with Gasteiger partial charge in [0.25, 0.3) is 0 Å². The normalized spacial score (nSPS) is 18.2. The maximum absolute atomic E-state index is 3.55. The van der Waals surface area contributed by atoms with Gasteiger partial charge in [0.2, 0.25) is 0 Å². The topological polar surface area (TPSA) is 24.1 Å². The van der Waals surface area contributed by atoms with Crippen LogP contribution >= 0.6 is 0 Å². The molecule has 2 aromatic rings. The van der Waals surface area contributed by atoms with Crippen molar-refractivity contribution in [3.63, 3.8) is 0 Å². The van der Waals surface area contributed by atoms with E-state index in [0.717, 1.165) is 13.1 Å². The first-order valence-electron chi connectivity index (χ1n) is 6.46. The molecule has 2 heteroatoms. The fourth-order valence-corrected chi connectivity index (χ4v) is 2.46. The Morgan fingerprint density at radius 2 is 1.61 bits per heavy atom. The van der Waals surface area contributed by atoms with E-state index in [9.17, 15) is 0 Å². The lowest BCUT2D eigenvalue weighted by Crippen LogP contribution is -2.16. The molecule has 0 saturated carbocycles. The van der Waals surface area contributed by atoms with Gasteiger partial charge in [-0.25, -0.2) is 0 Å². The second-order valence-corrected chi connectivity index (χ2v) is 4.92. The summed E-state index contributed by atoms with van der Waals surface area (Å²) in [4.78, 5) is 0. The van der Waals surface area contributed by atoms with Crippen LogP contribution in [-0.2, 0) is 0 Å². The molecule has 0 spiro atoms. The fraction of sp³-hybridized carbons (Fsp3) is 0.250. The molecule has 1 atom stereocenters. The minimum absolute atomic E-state index is 0.513. The van der Waals surface area contributed by atoms with Crippen molar-refractivity contribution in [3.8, 4) is 0 Å². The van der Waals surface area contributed by atoms with Gasteiger partial charge in [0.1, 0.15) is 0 Å². The number of hydrogen-bond acceptors (Lipinski definition) is 2. The van der Waals surface area contributed by atoms with Crippen LogP contribution in [0.3, 0.4) is 0 Å². The molecule has 1 heterocycles. The van der Waals surface area contributed by atoms with Crippen LogP contribution in [0, 0.1) is 6.92 Å². The zero-order valence-corrected chi connectivity index (χ0v) is 10.6. The second kappa shape index (κ2) is 4.73. The summed E-state index contributed by atoms with van der Waals surface area (Å²) in [7, 11) is 0. The van der Waals surface area contributed by atoms with Crippen molar-refractivity contribution in [2.75, 3.05) is 23.7 Å². The van der Waals surface area contributed by atoms with Crippen LogP contribution in [0.25, 0.3) is 0 Å². The third kappa shape index (κ3) is 2.19. The standard InChI is InChI=1S/C16H18N2/c1-12-7-8-15-16(9-12)18-11-14(10-17-15)13-5-3-2-4-6-13/h2-9,14,17-18H,10-11H2,1H3. The van der Waals surface area contributed by atoms with Crippen molar-refractivity contribution in [1.29, 1.82) is 0 Å². The molecular weight excluding hydrogens is 220 g/mol. The number of fused-ring (bicyclic) bond motifs is 1. The van der Waals surface area contributed by atoms with Gasteiger partial charge in [0.05, 0.1) is 11.4 Å². The van der Waals surface area contributed by atoms with Crippen LogP contribution in [0.1, 0.15) is 17.0 Å². The lowest BCUT2D eigenvalue weighted by molar-refractivity contribution is 0.767. The highest BCUT2D eigenvalue weighted by Gasteiger charge is 2.16. The second-order valence-electron chi connectivity index (χ2n) is 4.92. The van der Waals surface area contributed by atoms with Gasteiger partial charge in [0, 0.05) is 19.0 Å². The van der Waals surface area contributed by atoms with E-state index in [-0.39, 0.29) is 0 Å². The summed E-state index contributed by atoms with van der Waals surface area (Å²) in [6, 6.07) is 17.2. The highest BCUT2D eigenvalue weighted by atomic mass is 15.0. The smallest absolute Gasteiger partial charge is 0.0578 e. The van der Waals surface area contributed by atoms with E-state index < -0.39 is 0 Å². The lowest BCUT2D eigenvalue weighted by Gasteiger charge is -2.14. The van der Waals surface area contributed by atoms with Gasteiger partial charge in [-0.1, -0.05) is 36.4 Å². The molecule has 1 unspecified atom stereocenters. The Balaban J connectivity index is 1.83. The predicted molar refractivity (Wildman–Crippen MR) is 77.3 cm³/mol. The molecule has 2 nitrogen and oxygen atoms in total. The molecule has 0 fully saturated rings. The summed E-state index contributed by atoms with van der Waals surface area (Å²) >= 11 is 0. The molecule has 92 valence electrons. The van der Waals surface area contributed by atoms with Crippen LogP contribution in [-0.4, -0.2) is 13.1 Å². The molecule has 0 bridgehead atoms. The number of rotatable bonds is 1. The molecule has 3 rings (SSSR count). The fourth-order valence-electron chi connectivity index (χ4n) is 2.46. The quantitative estimate of drug-likeness (QED) is 0.793. The van der Waals surface area contributed by atoms with E-state index in [1.165, 1.54) is 22.5 Å². The summed E-state index contributed by atoms with van der Waals surface area (Å²) < 4.78 is 0. The number of nitrogens with one attached hydrogen (secondary N) is 2. The van der Waals surface area contributed by atoms with Crippen LogP contribution in [0.5, 0.6) is 0 Å². The summed E-state index contributed by atoms with van der Waals surface area (Å²) in [5.74, 6) is 0.513. The Hall–Kier alpha value is -1.96. The third-order valence-electron chi connectivity index (χ3n) is 3.52. The van der Waals surface area contributed by atoms with Crippen molar-refractivity contribution in [2.45, 2.75) is 12.8 Å². The van der Waals surface area contributed by atoms with E-state index in [1.807, 2.05) is 0 Å². The molecular formula is C16H18N2. The summed E-state index contributed by atoms with van der Waals surface area (Å²) in [6.07, 6.45) is 0. The van der Waals surface area contributed by atoms with Crippen LogP contribution in [0.2, 0.25) is 0 Å². The van der Waals surface area contributed by atoms with Crippen molar-refractivity contribution in [3.05, 3.63) is 59.7 Å². The summed E-state index contributed by atoms with van der Waals surface area (Å²) in [5.41, 5.74) is 5.11. The highest BCUT2D eigenvalue weighted by molar-refractivity contribution is 5.70. The van der Waals surface area contributed by atoms with Crippen LogP contribution < -0.4 is 10.6 Å². The zero-order valence-electron chi connectivity index (χ0n) is 10.6. The van der Waals surface area contributed by atoms with E-state index in [1.54, 1.807) is 0 Å². The lowest BCUT2D eigenvalue weighted by atomic mass is 9.99. The van der Waals surface area contributed by atoms with Crippen molar-refractivity contribution < 1.29 is 0 Å². The minimum Gasteiger partial charge on any atom is -0.383 e. The maximum atomic E-state index is 3.55.